The fourth-order valence-corrected chi connectivity index (χ4v) is 5.94. The average Bonchev–Trinajstić information content (AvgIpc) is 2.94. The van der Waals surface area contributed by atoms with Crippen LogP contribution in [0.25, 0.3) is 0 Å². The van der Waals surface area contributed by atoms with E-state index < -0.39 is 12.1 Å². The molecule has 0 spiro atoms. The maximum absolute atomic E-state index is 12.9. The number of hydrogen-bond acceptors (Lipinski definition) is 0. The molecule has 7 atom stereocenters. The van der Waals surface area contributed by atoms with Gasteiger partial charge in [-0.3, -0.25) is 0 Å². The van der Waals surface area contributed by atoms with Crippen molar-refractivity contribution in [1.82, 2.24) is 0 Å². The van der Waals surface area contributed by atoms with Crippen molar-refractivity contribution in [3.8, 4) is 0 Å². The molecule has 0 amide bonds. The first kappa shape index (κ1) is 9.78. The third kappa shape index (κ3) is 1.03. The molecule has 0 aliphatic heterocycles. The van der Waals surface area contributed by atoms with Gasteiger partial charge < -0.3 is 0 Å². The minimum Gasteiger partial charge on any atom is -0.171 e. The highest BCUT2D eigenvalue weighted by atomic mass is 19.4. The van der Waals surface area contributed by atoms with E-state index in [9.17, 15) is 13.2 Å². The summed E-state index contributed by atoms with van der Waals surface area (Å²) in [7, 11) is 0. The number of hydrogen-bond donors (Lipinski definition) is 0. The molecule has 0 saturated heterocycles. The van der Waals surface area contributed by atoms with E-state index in [-0.39, 0.29) is 5.92 Å². The molecule has 0 N–H and O–H groups in total. The van der Waals surface area contributed by atoms with Gasteiger partial charge in [0.15, 0.2) is 0 Å². The van der Waals surface area contributed by atoms with Gasteiger partial charge >= 0.3 is 6.18 Å². The summed E-state index contributed by atoms with van der Waals surface area (Å²) < 4.78 is 38.8. The van der Waals surface area contributed by atoms with Gasteiger partial charge in [-0.25, -0.2) is 0 Å². The summed E-state index contributed by atoms with van der Waals surface area (Å²) in [5.41, 5.74) is 0. The van der Waals surface area contributed by atoms with E-state index in [2.05, 4.69) is 0 Å². The molecule has 16 heavy (non-hydrogen) atoms. The van der Waals surface area contributed by atoms with Crippen LogP contribution in [-0.2, 0) is 0 Å². The lowest BCUT2D eigenvalue weighted by molar-refractivity contribution is -0.196. The Bertz CT molecular complexity index is 322. The van der Waals surface area contributed by atoms with Crippen LogP contribution in [0.3, 0.4) is 0 Å². The molecule has 90 valence electrons. The summed E-state index contributed by atoms with van der Waals surface area (Å²) in [5, 5.41) is 0. The molecule has 4 aliphatic rings. The predicted octanol–water partition coefficient (Wildman–Crippen LogP) is 3.87. The van der Waals surface area contributed by atoms with Crippen LogP contribution in [0.5, 0.6) is 0 Å². The van der Waals surface area contributed by atoms with E-state index >= 15 is 0 Å². The zero-order valence-corrected chi connectivity index (χ0v) is 9.21. The lowest BCUT2D eigenvalue weighted by Gasteiger charge is -2.39. The van der Waals surface area contributed by atoms with Gasteiger partial charge in [0.1, 0.15) is 0 Å². The van der Waals surface area contributed by atoms with E-state index in [0.29, 0.717) is 30.1 Å². The Morgan fingerprint density at radius 2 is 1.44 bits per heavy atom. The van der Waals surface area contributed by atoms with Gasteiger partial charge in [0.25, 0.3) is 0 Å². The zero-order chi connectivity index (χ0) is 11.1. The normalized spacial score (nSPS) is 58.3. The summed E-state index contributed by atoms with van der Waals surface area (Å²) in [6.45, 7) is 0. The molecule has 4 saturated carbocycles. The smallest absolute Gasteiger partial charge is 0.171 e. The highest BCUT2D eigenvalue weighted by Gasteiger charge is 2.66. The van der Waals surface area contributed by atoms with Gasteiger partial charge in [0.05, 0.1) is 5.92 Å². The highest BCUT2D eigenvalue weighted by Crippen LogP contribution is 2.70. The maximum atomic E-state index is 12.9. The topological polar surface area (TPSA) is 0 Å². The second kappa shape index (κ2) is 2.78. The number of halogens is 3. The quantitative estimate of drug-likeness (QED) is 0.554. The first-order valence-electron chi connectivity index (χ1n) is 6.62. The van der Waals surface area contributed by atoms with E-state index in [1.165, 1.54) is 19.3 Å². The van der Waals surface area contributed by atoms with Crippen molar-refractivity contribution < 1.29 is 13.2 Å². The Hall–Kier alpha value is -0.210. The minimum atomic E-state index is -3.92. The van der Waals surface area contributed by atoms with E-state index in [4.69, 9.17) is 0 Å². The van der Waals surface area contributed by atoms with Crippen molar-refractivity contribution >= 4 is 0 Å². The second-order valence-electron chi connectivity index (χ2n) is 6.53. The molecule has 0 heterocycles. The van der Waals surface area contributed by atoms with Crippen LogP contribution >= 0.6 is 0 Å². The first-order chi connectivity index (χ1) is 7.55. The highest BCUT2D eigenvalue weighted by molar-refractivity contribution is 5.11. The molecule has 0 radical (unpaired) electrons. The van der Waals surface area contributed by atoms with Crippen LogP contribution in [0, 0.1) is 41.4 Å². The SMILES string of the molecule is FC(F)(F)C1C[C@@H]2C[C@H]1C1C2[C@H]2CC[C@@H]1C2. The van der Waals surface area contributed by atoms with E-state index in [1.807, 2.05) is 0 Å². The largest absolute Gasteiger partial charge is 0.392 e. The summed E-state index contributed by atoms with van der Waals surface area (Å²) in [5.74, 6) is 2.11. The number of rotatable bonds is 0. The van der Waals surface area contributed by atoms with Crippen LogP contribution in [0.15, 0.2) is 0 Å². The molecular weight excluding hydrogens is 213 g/mol. The van der Waals surface area contributed by atoms with Gasteiger partial charge in [-0.05, 0) is 67.6 Å². The number of fused-ring (bicyclic) bond motifs is 9. The fraction of sp³-hybridized carbons (Fsp3) is 1.00. The Balaban J connectivity index is 1.66. The Morgan fingerprint density at radius 1 is 0.750 bits per heavy atom. The molecule has 4 rings (SSSR count). The van der Waals surface area contributed by atoms with Gasteiger partial charge in [-0.15, -0.1) is 0 Å². The first-order valence-corrected chi connectivity index (χ1v) is 6.62. The van der Waals surface area contributed by atoms with Crippen LogP contribution in [0.4, 0.5) is 13.2 Å². The lowest BCUT2D eigenvalue weighted by atomic mass is 9.67. The van der Waals surface area contributed by atoms with Crippen LogP contribution in [0.1, 0.15) is 32.1 Å². The average molecular weight is 230 g/mol. The summed E-state index contributed by atoms with van der Waals surface area (Å²) in [6, 6.07) is 0. The van der Waals surface area contributed by atoms with Crippen molar-refractivity contribution in [2.75, 3.05) is 0 Å². The van der Waals surface area contributed by atoms with Crippen molar-refractivity contribution in [3.05, 3.63) is 0 Å². The van der Waals surface area contributed by atoms with Crippen molar-refractivity contribution in [1.29, 1.82) is 0 Å². The van der Waals surface area contributed by atoms with Gasteiger partial charge in [0.2, 0.25) is 0 Å². The number of alkyl halides is 3. The standard InChI is InChI=1S/C13H17F3/c14-13(15,16)10-5-8-4-9(10)12-7-2-1-6(3-7)11(8)12/h6-12H,1-5H2/t6-,7+,8-,9+,10?,11?,12?/m0/s1. The summed E-state index contributed by atoms with van der Waals surface area (Å²) >= 11 is 0. The van der Waals surface area contributed by atoms with Gasteiger partial charge in [-0.1, -0.05) is 0 Å². The molecule has 0 aromatic heterocycles. The molecule has 3 unspecified atom stereocenters. The Labute approximate surface area is 93.6 Å². The maximum Gasteiger partial charge on any atom is 0.392 e. The van der Waals surface area contributed by atoms with Crippen LogP contribution < -0.4 is 0 Å². The summed E-state index contributed by atoms with van der Waals surface area (Å²) in [4.78, 5) is 0. The van der Waals surface area contributed by atoms with Gasteiger partial charge in [0, 0.05) is 0 Å². The van der Waals surface area contributed by atoms with Crippen molar-refractivity contribution in [3.63, 3.8) is 0 Å². The molecule has 4 fully saturated rings. The second-order valence-corrected chi connectivity index (χ2v) is 6.53. The zero-order valence-electron chi connectivity index (χ0n) is 9.21. The fourth-order valence-electron chi connectivity index (χ4n) is 5.94. The Kier molecular flexibility index (Phi) is 1.70. The lowest BCUT2D eigenvalue weighted by Crippen LogP contribution is -2.38. The molecule has 4 bridgehead atoms. The van der Waals surface area contributed by atoms with E-state index in [1.54, 1.807) is 0 Å². The van der Waals surface area contributed by atoms with Crippen molar-refractivity contribution in [2.24, 2.45) is 41.4 Å². The van der Waals surface area contributed by atoms with Crippen LogP contribution in [0.2, 0.25) is 0 Å². The molecule has 0 aromatic rings. The van der Waals surface area contributed by atoms with Crippen molar-refractivity contribution in [2.45, 2.75) is 38.3 Å². The minimum absolute atomic E-state index is 0.00491. The van der Waals surface area contributed by atoms with E-state index in [0.717, 1.165) is 12.3 Å². The predicted molar refractivity (Wildman–Crippen MR) is 53.6 cm³/mol. The monoisotopic (exact) mass is 230 g/mol. The molecule has 4 aliphatic carbocycles. The van der Waals surface area contributed by atoms with Crippen LogP contribution in [-0.4, -0.2) is 6.18 Å². The third-order valence-electron chi connectivity index (χ3n) is 6.15. The summed E-state index contributed by atoms with van der Waals surface area (Å²) in [6.07, 6.45) is 1.22. The Morgan fingerprint density at radius 3 is 2.12 bits per heavy atom. The molecule has 0 nitrogen and oxygen atoms in total. The van der Waals surface area contributed by atoms with Gasteiger partial charge in [-0.2, -0.15) is 13.2 Å². The molecule has 0 aromatic carbocycles. The molecular formula is C13H17F3. The third-order valence-corrected chi connectivity index (χ3v) is 6.15. The molecule has 3 heteroatoms.